The van der Waals surface area contributed by atoms with Crippen LogP contribution < -0.4 is 9.64 Å². The molecule has 1 aliphatic heterocycles. The van der Waals surface area contributed by atoms with Crippen LogP contribution in [0.25, 0.3) is 5.57 Å². The predicted octanol–water partition coefficient (Wildman–Crippen LogP) is 6.68. The third kappa shape index (κ3) is 2.96. The summed E-state index contributed by atoms with van der Waals surface area (Å²) in [6.07, 6.45) is 6.33. The van der Waals surface area contributed by atoms with Gasteiger partial charge in [-0.3, -0.25) is 14.5 Å². The van der Waals surface area contributed by atoms with Gasteiger partial charge in [0.15, 0.2) is 0 Å². The van der Waals surface area contributed by atoms with Gasteiger partial charge in [-0.1, -0.05) is 50.6 Å². The zero-order chi connectivity index (χ0) is 25.7. The van der Waals surface area contributed by atoms with Crippen LogP contribution in [0, 0.1) is 40.4 Å². The van der Waals surface area contributed by atoms with Gasteiger partial charge < -0.3 is 4.74 Å². The van der Waals surface area contributed by atoms with Crippen LogP contribution in [0.1, 0.15) is 64.0 Å². The maximum absolute atomic E-state index is 14.0. The predicted molar refractivity (Wildman–Crippen MR) is 145 cm³/mol. The molecule has 2 saturated carbocycles. The SMILES string of the molecule is COc1ccc2c(c1)CC[C@H]1C2=C([C@@H]2C[C@@H]3CC[C@@]2(C)C3(C)C)C[C@H]2C(=O)N(c3ccccc3)C(=O)[C@H]21. The van der Waals surface area contributed by atoms with Crippen molar-refractivity contribution in [1.29, 1.82) is 0 Å². The second-order valence-electron chi connectivity index (χ2n) is 13.0. The Morgan fingerprint density at radius 2 is 1.73 bits per heavy atom. The van der Waals surface area contributed by atoms with Crippen LogP contribution in [0.4, 0.5) is 5.69 Å². The van der Waals surface area contributed by atoms with Crippen molar-refractivity contribution in [2.24, 2.45) is 40.4 Å². The first kappa shape index (κ1) is 23.3. The molecule has 2 amide bonds. The fourth-order valence-electron chi connectivity index (χ4n) is 9.25. The van der Waals surface area contributed by atoms with Gasteiger partial charge in [-0.25, -0.2) is 0 Å². The number of rotatable bonds is 3. The summed E-state index contributed by atoms with van der Waals surface area (Å²) in [5.74, 6) is 1.69. The molecule has 3 fully saturated rings. The van der Waals surface area contributed by atoms with Gasteiger partial charge in [0.2, 0.25) is 11.8 Å². The van der Waals surface area contributed by atoms with Crippen LogP contribution in [0.3, 0.4) is 0 Å². The molecule has 4 aliphatic carbocycles. The summed E-state index contributed by atoms with van der Waals surface area (Å²) in [4.78, 5) is 29.5. The Morgan fingerprint density at radius 1 is 0.946 bits per heavy atom. The van der Waals surface area contributed by atoms with Gasteiger partial charge >= 0.3 is 0 Å². The molecular weight excluding hydrogens is 458 g/mol. The van der Waals surface area contributed by atoms with E-state index in [2.05, 4.69) is 39.0 Å². The average molecular weight is 496 g/mol. The molecule has 1 saturated heterocycles. The van der Waals surface area contributed by atoms with E-state index in [1.165, 1.54) is 46.4 Å². The van der Waals surface area contributed by atoms with Crippen LogP contribution >= 0.6 is 0 Å². The highest BCUT2D eigenvalue weighted by Crippen LogP contribution is 2.71. The minimum atomic E-state index is -0.263. The van der Waals surface area contributed by atoms with Gasteiger partial charge in [-0.05, 0) is 108 Å². The van der Waals surface area contributed by atoms with Crippen LogP contribution in [-0.4, -0.2) is 18.9 Å². The second kappa shape index (κ2) is 7.82. The number of methoxy groups -OCH3 is 1. The fraction of sp³-hybridized carbons (Fsp3) is 0.515. The number of ether oxygens (including phenoxy) is 1. The minimum absolute atomic E-state index is 0.000745. The van der Waals surface area contributed by atoms with Crippen molar-refractivity contribution in [2.75, 3.05) is 12.0 Å². The Hall–Kier alpha value is -2.88. The number of carbonyl (C=O) groups excluding carboxylic acids is 2. The summed E-state index contributed by atoms with van der Waals surface area (Å²) in [7, 11) is 1.72. The molecule has 6 atom stereocenters. The van der Waals surface area contributed by atoms with Crippen LogP contribution in [0.2, 0.25) is 0 Å². The summed E-state index contributed by atoms with van der Waals surface area (Å²) >= 11 is 0. The highest BCUT2D eigenvalue weighted by atomic mass is 16.5. The van der Waals surface area contributed by atoms with Crippen molar-refractivity contribution in [2.45, 2.75) is 59.3 Å². The number of allylic oxidation sites excluding steroid dienone is 2. The lowest BCUT2D eigenvalue weighted by Gasteiger charge is -2.46. The van der Waals surface area contributed by atoms with Crippen molar-refractivity contribution in [3.05, 3.63) is 65.2 Å². The third-order valence-electron chi connectivity index (χ3n) is 11.6. The van der Waals surface area contributed by atoms with E-state index in [-0.39, 0.29) is 35.0 Å². The number of fused-ring (bicyclic) bond motifs is 7. The lowest BCUT2D eigenvalue weighted by Crippen LogP contribution is -2.39. The minimum Gasteiger partial charge on any atom is -0.497 e. The standard InChI is InChI=1S/C33H37NO3/c1-32(2)20-14-15-33(32,3)27(17-20)25-18-26-29(31(36)34(30(26)35)21-8-6-5-7-9-21)24-12-10-19-16-22(37-4)11-13-23(19)28(24)25/h5-9,11,13,16,20,24,26-27,29H,10,12,14-15,17-18H2,1-4H3/t20-,24-,26+,27-,29-,33+/m0/s1. The molecule has 7 rings (SSSR count). The number of benzene rings is 2. The van der Waals surface area contributed by atoms with E-state index in [0.29, 0.717) is 17.0 Å². The van der Waals surface area contributed by atoms with Crippen molar-refractivity contribution < 1.29 is 14.3 Å². The molecule has 2 bridgehead atoms. The van der Waals surface area contributed by atoms with E-state index in [4.69, 9.17) is 4.74 Å². The van der Waals surface area contributed by atoms with Gasteiger partial charge in [0.25, 0.3) is 0 Å². The summed E-state index contributed by atoms with van der Waals surface area (Å²) in [6.45, 7) is 7.45. The average Bonchev–Trinajstić information content (AvgIpc) is 3.38. The Bertz CT molecular complexity index is 1340. The Morgan fingerprint density at radius 3 is 2.41 bits per heavy atom. The van der Waals surface area contributed by atoms with Gasteiger partial charge in [-0.2, -0.15) is 0 Å². The molecule has 0 spiro atoms. The van der Waals surface area contributed by atoms with Crippen molar-refractivity contribution in [3.8, 4) is 5.75 Å². The summed E-state index contributed by atoms with van der Waals surface area (Å²) in [5, 5.41) is 0. The van der Waals surface area contributed by atoms with Crippen molar-refractivity contribution in [1.82, 2.24) is 0 Å². The van der Waals surface area contributed by atoms with Crippen molar-refractivity contribution in [3.63, 3.8) is 0 Å². The van der Waals surface area contributed by atoms with E-state index in [0.717, 1.165) is 30.9 Å². The largest absolute Gasteiger partial charge is 0.497 e. The highest BCUT2D eigenvalue weighted by Gasteiger charge is 2.64. The first-order valence-electron chi connectivity index (χ1n) is 14.1. The van der Waals surface area contributed by atoms with Gasteiger partial charge in [0.1, 0.15) is 5.75 Å². The van der Waals surface area contributed by atoms with Crippen LogP contribution in [0.15, 0.2) is 54.1 Å². The smallest absolute Gasteiger partial charge is 0.238 e. The normalized spacial score (nSPS) is 35.5. The van der Waals surface area contributed by atoms with Crippen LogP contribution in [0.5, 0.6) is 5.75 Å². The Balaban J connectivity index is 1.39. The Labute approximate surface area is 220 Å². The number of anilines is 1. The lowest BCUT2D eigenvalue weighted by atomic mass is 9.57. The molecule has 37 heavy (non-hydrogen) atoms. The number of nitrogens with zero attached hydrogens (tertiary/aromatic N) is 1. The Kier molecular flexibility index (Phi) is 4.91. The summed E-state index contributed by atoms with van der Waals surface area (Å²) in [6, 6.07) is 16.0. The third-order valence-corrected chi connectivity index (χ3v) is 11.6. The molecule has 0 N–H and O–H groups in total. The van der Waals surface area contributed by atoms with E-state index < -0.39 is 0 Å². The molecule has 0 unspecified atom stereocenters. The zero-order valence-corrected chi connectivity index (χ0v) is 22.4. The van der Waals surface area contributed by atoms with Gasteiger partial charge in [-0.15, -0.1) is 0 Å². The number of imide groups is 1. The molecular formula is C33H37NO3. The fourth-order valence-corrected chi connectivity index (χ4v) is 9.25. The van der Waals surface area contributed by atoms with E-state index >= 15 is 0 Å². The zero-order valence-electron chi connectivity index (χ0n) is 22.4. The van der Waals surface area contributed by atoms with E-state index in [1.807, 2.05) is 30.3 Å². The maximum Gasteiger partial charge on any atom is 0.238 e. The number of para-hydroxylation sites is 1. The number of hydrogen-bond donors (Lipinski definition) is 0. The molecule has 4 heteroatoms. The van der Waals surface area contributed by atoms with E-state index in [1.54, 1.807) is 7.11 Å². The van der Waals surface area contributed by atoms with Gasteiger partial charge in [0.05, 0.1) is 24.6 Å². The molecule has 192 valence electrons. The molecule has 1 heterocycles. The maximum atomic E-state index is 14.0. The summed E-state index contributed by atoms with van der Waals surface area (Å²) in [5.41, 5.74) is 6.75. The first-order chi connectivity index (χ1) is 17.8. The second-order valence-corrected chi connectivity index (χ2v) is 13.0. The quantitative estimate of drug-likeness (QED) is 0.446. The molecule has 4 nitrogen and oxygen atoms in total. The number of carbonyl (C=O) groups is 2. The monoisotopic (exact) mass is 495 g/mol. The lowest BCUT2D eigenvalue weighted by molar-refractivity contribution is -0.122. The molecule has 0 aromatic heterocycles. The summed E-state index contributed by atoms with van der Waals surface area (Å²) < 4.78 is 5.57. The topological polar surface area (TPSA) is 46.6 Å². The molecule has 5 aliphatic rings. The van der Waals surface area contributed by atoms with E-state index in [9.17, 15) is 9.59 Å². The number of aryl methyl sites for hydroxylation is 1. The first-order valence-corrected chi connectivity index (χ1v) is 14.1. The highest BCUT2D eigenvalue weighted by molar-refractivity contribution is 6.23. The molecule has 2 aromatic rings. The number of amides is 2. The van der Waals surface area contributed by atoms with Crippen LogP contribution in [-0.2, 0) is 16.0 Å². The molecule has 0 radical (unpaired) electrons. The van der Waals surface area contributed by atoms with Gasteiger partial charge in [0, 0.05) is 0 Å². The molecule has 2 aromatic carbocycles. The number of hydrogen-bond acceptors (Lipinski definition) is 3. The van der Waals surface area contributed by atoms with Crippen molar-refractivity contribution >= 4 is 23.1 Å².